The summed E-state index contributed by atoms with van der Waals surface area (Å²) in [6, 6.07) is 19.8. The van der Waals surface area contributed by atoms with Gasteiger partial charge in [-0.15, -0.1) is 0 Å². The fourth-order valence-electron chi connectivity index (χ4n) is 6.05. The van der Waals surface area contributed by atoms with Gasteiger partial charge in [0.2, 0.25) is 0 Å². The zero-order valence-corrected chi connectivity index (χ0v) is 24.4. The van der Waals surface area contributed by atoms with Gasteiger partial charge in [-0.25, -0.2) is 0 Å². The molecule has 0 radical (unpaired) electrons. The van der Waals surface area contributed by atoms with Crippen LogP contribution in [0.4, 0.5) is 0 Å². The molecule has 2 aromatic carbocycles. The normalized spacial score (nSPS) is 14.4. The Morgan fingerprint density at radius 3 is 2.24 bits per heavy atom. The van der Waals surface area contributed by atoms with E-state index in [1.807, 2.05) is 0 Å². The van der Waals surface area contributed by atoms with Crippen LogP contribution in [0.3, 0.4) is 0 Å². The molecule has 1 heterocycles. The summed E-state index contributed by atoms with van der Waals surface area (Å²) in [5.41, 5.74) is 8.83. The lowest BCUT2D eigenvalue weighted by atomic mass is 9.88. The Kier molecular flexibility index (Phi) is 10.4. The number of ether oxygens (including phenoxy) is 1. The highest BCUT2D eigenvalue weighted by atomic mass is 16.5. The van der Waals surface area contributed by atoms with Gasteiger partial charge in [0, 0.05) is 42.5 Å². The van der Waals surface area contributed by atoms with Gasteiger partial charge in [-0.2, -0.15) is 0 Å². The van der Waals surface area contributed by atoms with E-state index in [2.05, 4.69) is 94.1 Å². The number of aromatic nitrogens is 1. The number of rotatable bonds is 12. The summed E-state index contributed by atoms with van der Waals surface area (Å²) < 4.78 is 6.52. The van der Waals surface area contributed by atoms with Crippen molar-refractivity contribution < 1.29 is 4.74 Å². The summed E-state index contributed by atoms with van der Waals surface area (Å²) in [5, 5.41) is 0. The highest BCUT2D eigenvalue weighted by Crippen LogP contribution is 2.34. The molecular weight excluding hydrogens is 464 g/mol. The molecule has 4 rings (SSSR count). The monoisotopic (exact) mass is 512 g/mol. The first-order valence-corrected chi connectivity index (χ1v) is 15.0. The second-order valence-electron chi connectivity index (χ2n) is 11.4. The summed E-state index contributed by atoms with van der Waals surface area (Å²) in [5.74, 6) is 1.80. The minimum Gasteiger partial charge on any atom is -0.491 e. The number of aryl methyl sites for hydroxylation is 3. The van der Waals surface area contributed by atoms with Gasteiger partial charge in [-0.3, -0.25) is 9.88 Å². The van der Waals surface area contributed by atoms with Crippen molar-refractivity contribution >= 4 is 0 Å². The van der Waals surface area contributed by atoms with Gasteiger partial charge in [0.1, 0.15) is 5.75 Å². The average molecular weight is 513 g/mol. The molecule has 1 aliphatic carbocycles. The topological polar surface area (TPSA) is 25.4 Å². The summed E-state index contributed by atoms with van der Waals surface area (Å²) in [7, 11) is 0. The van der Waals surface area contributed by atoms with Gasteiger partial charge < -0.3 is 4.74 Å². The van der Waals surface area contributed by atoms with Crippen LogP contribution in [0.15, 0.2) is 54.6 Å². The van der Waals surface area contributed by atoms with Crippen molar-refractivity contribution in [3.05, 3.63) is 82.5 Å². The molecule has 1 fully saturated rings. The molecule has 0 spiro atoms. The number of nitrogens with zero attached hydrogens (tertiary/aromatic N) is 2. The van der Waals surface area contributed by atoms with Crippen molar-refractivity contribution in [1.82, 2.24) is 9.88 Å². The zero-order valence-electron chi connectivity index (χ0n) is 24.4. The number of pyridine rings is 1. The van der Waals surface area contributed by atoms with Gasteiger partial charge in [0.05, 0.1) is 11.8 Å². The standard InChI is InChI=1S/C35H48N2O/c1-6-30-19-14-20-31(7-2)35(30)33-23-34(38-26(3)4)32(27(5)36-33)25-37(24-29-17-12-9-13-18-29)22-21-28-15-10-8-11-16-28/h8,10-11,14-16,19-20,23,26,29H,6-7,9,12-13,17-18,21-22,24-25H2,1-5H3. The lowest BCUT2D eigenvalue weighted by Gasteiger charge is -2.31. The predicted octanol–water partition coefficient (Wildman–Crippen LogP) is 8.59. The first-order chi connectivity index (χ1) is 18.5. The highest BCUT2D eigenvalue weighted by Gasteiger charge is 2.22. The van der Waals surface area contributed by atoms with Crippen LogP contribution in [0, 0.1) is 12.8 Å². The Labute approximate surface area is 231 Å². The van der Waals surface area contributed by atoms with E-state index < -0.39 is 0 Å². The van der Waals surface area contributed by atoms with Crippen LogP contribution in [0.1, 0.15) is 87.7 Å². The molecule has 0 aliphatic heterocycles. The minimum atomic E-state index is 0.117. The molecule has 1 aliphatic rings. The number of hydrogen-bond donors (Lipinski definition) is 0. The third-order valence-electron chi connectivity index (χ3n) is 8.09. The van der Waals surface area contributed by atoms with Gasteiger partial charge in [-0.1, -0.05) is 81.6 Å². The van der Waals surface area contributed by atoms with Gasteiger partial charge in [0.25, 0.3) is 0 Å². The minimum absolute atomic E-state index is 0.117. The molecule has 204 valence electrons. The molecule has 0 bridgehead atoms. The Bertz CT molecular complexity index is 1130. The number of benzene rings is 2. The van der Waals surface area contributed by atoms with Crippen molar-refractivity contribution in [3.63, 3.8) is 0 Å². The summed E-state index contributed by atoms with van der Waals surface area (Å²) in [6.07, 6.45) is 10.1. The highest BCUT2D eigenvalue weighted by molar-refractivity contribution is 5.70. The molecule has 3 heteroatoms. The van der Waals surface area contributed by atoms with Crippen LogP contribution in [0.25, 0.3) is 11.3 Å². The van der Waals surface area contributed by atoms with Crippen LogP contribution >= 0.6 is 0 Å². The van der Waals surface area contributed by atoms with E-state index in [1.54, 1.807) is 0 Å². The summed E-state index contributed by atoms with van der Waals surface area (Å²) in [6.45, 7) is 14.0. The maximum absolute atomic E-state index is 6.52. The average Bonchev–Trinajstić information content (AvgIpc) is 2.93. The third kappa shape index (κ3) is 7.47. The fraction of sp³-hybridized carbons (Fsp3) is 0.514. The molecule has 0 N–H and O–H groups in total. The van der Waals surface area contributed by atoms with Crippen LogP contribution in [0.5, 0.6) is 5.75 Å². The molecule has 0 saturated heterocycles. The first-order valence-electron chi connectivity index (χ1n) is 15.0. The quantitative estimate of drug-likeness (QED) is 0.243. The Hall–Kier alpha value is -2.65. The molecule has 0 atom stereocenters. The summed E-state index contributed by atoms with van der Waals surface area (Å²) in [4.78, 5) is 7.92. The SMILES string of the molecule is CCc1cccc(CC)c1-c1cc(OC(C)C)c(CN(CCc2ccccc2)CC2CCCCC2)c(C)n1. The van der Waals surface area contributed by atoms with E-state index in [0.717, 1.165) is 62.0 Å². The molecule has 38 heavy (non-hydrogen) atoms. The van der Waals surface area contributed by atoms with Crippen molar-refractivity contribution in [2.75, 3.05) is 13.1 Å². The second-order valence-corrected chi connectivity index (χ2v) is 11.4. The van der Waals surface area contributed by atoms with Crippen molar-refractivity contribution in [2.45, 2.75) is 98.6 Å². The Balaban J connectivity index is 1.67. The molecule has 1 saturated carbocycles. The smallest absolute Gasteiger partial charge is 0.128 e. The largest absolute Gasteiger partial charge is 0.491 e. The van der Waals surface area contributed by atoms with E-state index in [0.29, 0.717) is 0 Å². The Morgan fingerprint density at radius 2 is 1.61 bits per heavy atom. The molecular formula is C35H48N2O. The van der Waals surface area contributed by atoms with Crippen LogP contribution in [-0.2, 0) is 25.8 Å². The van der Waals surface area contributed by atoms with E-state index in [4.69, 9.17) is 9.72 Å². The van der Waals surface area contributed by atoms with Crippen molar-refractivity contribution in [3.8, 4) is 17.0 Å². The number of hydrogen-bond acceptors (Lipinski definition) is 3. The van der Waals surface area contributed by atoms with Crippen LogP contribution in [0.2, 0.25) is 0 Å². The molecule has 1 aromatic heterocycles. The predicted molar refractivity (Wildman–Crippen MR) is 161 cm³/mol. The molecule has 0 unspecified atom stereocenters. The lowest BCUT2D eigenvalue weighted by Crippen LogP contribution is -2.32. The van der Waals surface area contributed by atoms with Gasteiger partial charge >= 0.3 is 0 Å². The first kappa shape index (κ1) is 28.4. The van der Waals surface area contributed by atoms with Crippen LogP contribution < -0.4 is 4.74 Å². The van der Waals surface area contributed by atoms with E-state index in [9.17, 15) is 0 Å². The maximum atomic E-state index is 6.52. The maximum Gasteiger partial charge on any atom is 0.128 e. The zero-order chi connectivity index (χ0) is 26.9. The van der Waals surface area contributed by atoms with Gasteiger partial charge in [-0.05, 0) is 75.5 Å². The third-order valence-corrected chi connectivity index (χ3v) is 8.09. The van der Waals surface area contributed by atoms with Gasteiger partial charge in [0.15, 0.2) is 0 Å². The molecule has 3 nitrogen and oxygen atoms in total. The molecule has 3 aromatic rings. The summed E-state index contributed by atoms with van der Waals surface area (Å²) >= 11 is 0. The van der Waals surface area contributed by atoms with Crippen molar-refractivity contribution in [2.24, 2.45) is 5.92 Å². The lowest BCUT2D eigenvalue weighted by molar-refractivity contribution is 0.188. The van der Waals surface area contributed by atoms with E-state index in [1.165, 1.54) is 59.9 Å². The van der Waals surface area contributed by atoms with E-state index >= 15 is 0 Å². The second kappa shape index (κ2) is 13.9. The van der Waals surface area contributed by atoms with E-state index in [-0.39, 0.29) is 6.10 Å². The molecule has 0 amide bonds. The Morgan fingerprint density at radius 1 is 0.921 bits per heavy atom. The fourth-order valence-corrected chi connectivity index (χ4v) is 6.05. The van der Waals surface area contributed by atoms with Crippen LogP contribution in [-0.4, -0.2) is 29.1 Å². The van der Waals surface area contributed by atoms with Crippen molar-refractivity contribution in [1.29, 1.82) is 0 Å².